The lowest BCUT2D eigenvalue weighted by Gasteiger charge is -2.59. The fourth-order valence-electron chi connectivity index (χ4n) is 6.33. The lowest BCUT2D eigenvalue weighted by atomic mass is 9.46. The molecule has 3 rings (SSSR count). The average Bonchev–Trinajstić information content (AvgIpc) is 2.67. The average molecular weight is 411 g/mol. The van der Waals surface area contributed by atoms with Gasteiger partial charge >= 0.3 is 0 Å². The van der Waals surface area contributed by atoms with Crippen LogP contribution in [0.1, 0.15) is 53.4 Å². The summed E-state index contributed by atoms with van der Waals surface area (Å²) in [6, 6.07) is 0. The molecule has 0 amide bonds. The van der Waals surface area contributed by atoms with Crippen molar-refractivity contribution < 1.29 is 24.1 Å². The van der Waals surface area contributed by atoms with Gasteiger partial charge in [-0.1, -0.05) is 27.7 Å². The van der Waals surface area contributed by atoms with Crippen LogP contribution in [0.3, 0.4) is 0 Å². The van der Waals surface area contributed by atoms with Gasteiger partial charge in [-0.2, -0.15) is 0 Å². The second-order valence-corrected chi connectivity index (χ2v) is 10.4. The van der Waals surface area contributed by atoms with Gasteiger partial charge in [0, 0.05) is 32.5 Å². The zero-order valence-electron chi connectivity index (χ0n) is 19.2. The van der Waals surface area contributed by atoms with E-state index >= 15 is 0 Å². The second-order valence-electron chi connectivity index (χ2n) is 10.4. The van der Waals surface area contributed by atoms with Gasteiger partial charge in [-0.3, -0.25) is 0 Å². The molecule has 0 saturated heterocycles. The summed E-state index contributed by atoms with van der Waals surface area (Å²) < 4.78 is 23.0. The van der Waals surface area contributed by atoms with Gasteiger partial charge in [-0.15, -0.1) is 0 Å². The van der Waals surface area contributed by atoms with E-state index < -0.39 is 6.29 Å². The molecule has 2 saturated carbocycles. The molecule has 6 atom stereocenters. The third-order valence-corrected chi connectivity index (χ3v) is 8.15. The summed E-state index contributed by atoms with van der Waals surface area (Å²) in [6.07, 6.45) is 5.43. The summed E-state index contributed by atoms with van der Waals surface area (Å²) in [7, 11) is 3.48. The van der Waals surface area contributed by atoms with Crippen LogP contribution in [-0.2, 0) is 18.9 Å². The van der Waals surface area contributed by atoms with Crippen LogP contribution in [0.15, 0.2) is 11.8 Å². The quantitative estimate of drug-likeness (QED) is 0.576. The van der Waals surface area contributed by atoms with Crippen molar-refractivity contribution in [2.45, 2.75) is 65.8 Å². The highest BCUT2D eigenvalue weighted by Gasteiger charge is 2.54. The molecule has 3 aliphatic carbocycles. The van der Waals surface area contributed by atoms with Crippen LogP contribution in [0.4, 0.5) is 0 Å². The number of allylic oxidation sites excluding steroid dienone is 2. The Kier molecular flexibility index (Phi) is 7.69. The van der Waals surface area contributed by atoms with Crippen molar-refractivity contribution in [2.75, 3.05) is 34.0 Å². The molecule has 0 aromatic heterocycles. The van der Waals surface area contributed by atoms with E-state index in [0.29, 0.717) is 42.3 Å². The van der Waals surface area contributed by atoms with E-state index in [2.05, 4.69) is 33.8 Å². The van der Waals surface area contributed by atoms with Gasteiger partial charge in [0.2, 0.25) is 6.29 Å². The molecule has 0 aromatic carbocycles. The Balaban J connectivity index is 1.53. The first-order valence-electron chi connectivity index (χ1n) is 11.4. The van der Waals surface area contributed by atoms with Crippen LogP contribution < -0.4 is 0 Å². The molecular formula is C24H42O5. The second kappa shape index (κ2) is 9.67. The minimum absolute atomic E-state index is 0.0282. The Labute approximate surface area is 177 Å². The molecule has 3 aliphatic rings. The Morgan fingerprint density at radius 2 is 1.72 bits per heavy atom. The third kappa shape index (κ3) is 5.00. The van der Waals surface area contributed by atoms with Gasteiger partial charge in [0.15, 0.2) is 0 Å². The summed E-state index contributed by atoms with van der Waals surface area (Å²) in [6.45, 7) is 10.9. The predicted octanol–water partition coefficient (Wildman–Crippen LogP) is 4.25. The first kappa shape index (κ1) is 23.1. The molecule has 0 radical (unpaired) electrons. The molecule has 5 heteroatoms. The van der Waals surface area contributed by atoms with Crippen LogP contribution in [0.2, 0.25) is 0 Å². The van der Waals surface area contributed by atoms with Crippen LogP contribution in [0, 0.1) is 40.9 Å². The largest absolute Gasteiger partial charge is 0.467 e. The first-order chi connectivity index (χ1) is 13.8. The third-order valence-electron chi connectivity index (χ3n) is 8.15. The number of fused-ring (bicyclic) bond motifs is 1. The summed E-state index contributed by atoms with van der Waals surface area (Å²) in [5, 5.41) is 10.5. The zero-order valence-corrected chi connectivity index (χ0v) is 19.2. The summed E-state index contributed by atoms with van der Waals surface area (Å²) in [4.78, 5) is 0. The number of aliphatic hydroxyl groups excluding tert-OH is 1. The Bertz CT molecular complexity index is 543. The molecule has 1 N–H and O–H groups in total. The SMILES string of the molecule is COCC1CC(C)CC(COC)C1OCC(O)OC1=CCC2C(C)C(C)(C)C2C1. The Morgan fingerprint density at radius 3 is 2.31 bits per heavy atom. The minimum atomic E-state index is -0.927. The highest BCUT2D eigenvalue weighted by molar-refractivity contribution is 5.13. The zero-order chi connectivity index (χ0) is 21.2. The standard InChI is InChI=1S/C24H42O5/c1-15-9-17(12-26-5)23(18(10-15)13-27-6)28-14-22(25)29-19-7-8-20-16(2)24(3,4)21(20)11-19/h7,15-18,20-23,25H,8-14H2,1-6H3. The maximum Gasteiger partial charge on any atom is 0.220 e. The van der Waals surface area contributed by atoms with Crippen LogP contribution in [0.25, 0.3) is 0 Å². The molecule has 29 heavy (non-hydrogen) atoms. The molecule has 6 unspecified atom stereocenters. The van der Waals surface area contributed by atoms with E-state index in [0.717, 1.165) is 43.3 Å². The summed E-state index contributed by atoms with van der Waals surface area (Å²) in [5.74, 6) is 4.38. The molecule has 2 fully saturated rings. The van der Waals surface area contributed by atoms with E-state index in [4.69, 9.17) is 18.9 Å². The topological polar surface area (TPSA) is 57.2 Å². The van der Waals surface area contributed by atoms with Crippen molar-refractivity contribution in [1.82, 2.24) is 0 Å². The fourth-order valence-corrected chi connectivity index (χ4v) is 6.33. The van der Waals surface area contributed by atoms with Crippen molar-refractivity contribution in [3.8, 4) is 0 Å². The molecule has 0 spiro atoms. The molecule has 0 heterocycles. The van der Waals surface area contributed by atoms with E-state index in [1.807, 2.05) is 0 Å². The van der Waals surface area contributed by atoms with Crippen molar-refractivity contribution in [3.05, 3.63) is 11.8 Å². The Hall–Kier alpha value is -0.620. The first-order valence-corrected chi connectivity index (χ1v) is 11.4. The fraction of sp³-hybridized carbons (Fsp3) is 0.917. The molecular weight excluding hydrogens is 368 g/mol. The van der Waals surface area contributed by atoms with E-state index in [-0.39, 0.29) is 12.7 Å². The lowest BCUT2D eigenvalue weighted by molar-refractivity contribution is -0.170. The number of ether oxygens (including phenoxy) is 4. The monoisotopic (exact) mass is 410 g/mol. The number of methoxy groups -OCH3 is 2. The number of hydrogen-bond donors (Lipinski definition) is 1. The molecule has 168 valence electrons. The Morgan fingerprint density at radius 1 is 1.10 bits per heavy atom. The van der Waals surface area contributed by atoms with Gasteiger partial charge in [-0.05, 0) is 54.4 Å². The van der Waals surface area contributed by atoms with E-state index in [9.17, 15) is 5.11 Å². The molecule has 0 bridgehead atoms. The van der Waals surface area contributed by atoms with Crippen molar-refractivity contribution in [2.24, 2.45) is 40.9 Å². The number of rotatable bonds is 9. The smallest absolute Gasteiger partial charge is 0.220 e. The van der Waals surface area contributed by atoms with Crippen LogP contribution in [0.5, 0.6) is 0 Å². The number of aliphatic hydroxyl groups is 1. The maximum absolute atomic E-state index is 10.5. The minimum Gasteiger partial charge on any atom is -0.467 e. The van der Waals surface area contributed by atoms with E-state index in [1.165, 1.54) is 0 Å². The summed E-state index contributed by atoms with van der Waals surface area (Å²) >= 11 is 0. The van der Waals surface area contributed by atoms with Crippen molar-refractivity contribution >= 4 is 0 Å². The van der Waals surface area contributed by atoms with Crippen molar-refractivity contribution in [1.29, 1.82) is 0 Å². The van der Waals surface area contributed by atoms with Gasteiger partial charge in [0.05, 0.1) is 25.1 Å². The highest BCUT2D eigenvalue weighted by Crippen LogP contribution is 2.60. The van der Waals surface area contributed by atoms with Gasteiger partial charge in [0.1, 0.15) is 6.61 Å². The van der Waals surface area contributed by atoms with Gasteiger partial charge < -0.3 is 24.1 Å². The lowest BCUT2D eigenvalue weighted by Crippen LogP contribution is -2.53. The predicted molar refractivity (Wildman–Crippen MR) is 113 cm³/mol. The normalized spacial score (nSPS) is 39.8. The molecule has 5 nitrogen and oxygen atoms in total. The molecule has 0 aliphatic heterocycles. The van der Waals surface area contributed by atoms with Gasteiger partial charge in [-0.25, -0.2) is 0 Å². The highest BCUT2D eigenvalue weighted by atomic mass is 16.6. The van der Waals surface area contributed by atoms with Crippen LogP contribution in [-0.4, -0.2) is 51.5 Å². The van der Waals surface area contributed by atoms with Crippen LogP contribution >= 0.6 is 0 Å². The van der Waals surface area contributed by atoms with E-state index in [1.54, 1.807) is 14.2 Å². The summed E-state index contributed by atoms with van der Waals surface area (Å²) in [5.41, 5.74) is 0.356. The van der Waals surface area contributed by atoms with Gasteiger partial charge in [0.25, 0.3) is 0 Å². The maximum atomic E-state index is 10.5. The van der Waals surface area contributed by atoms with Crippen molar-refractivity contribution in [3.63, 3.8) is 0 Å². The number of hydrogen-bond acceptors (Lipinski definition) is 5. The molecule has 0 aromatic rings.